The molecule has 0 bridgehead atoms. The van der Waals surface area contributed by atoms with Crippen molar-refractivity contribution in [2.24, 2.45) is 0 Å². The topological polar surface area (TPSA) is 80.9 Å². The Bertz CT molecular complexity index is 515. The van der Waals surface area contributed by atoms with Crippen molar-refractivity contribution in [1.82, 2.24) is 20.5 Å². The number of amides is 1. The number of carbonyl (C=O) groups is 1. The van der Waals surface area contributed by atoms with Crippen LogP contribution in [0, 0.1) is 6.92 Å². The lowest BCUT2D eigenvalue weighted by atomic mass is 10.5. The molecule has 18 heavy (non-hydrogen) atoms. The third kappa shape index (κ3) is 3.85. The number of carbonyl (C=O) groups excluding carboxylic acids is 1. The molecule has 2 aromatic heterocycles. The number of rotatable bonds is 5. The fourth-order valence-corrected chi connectivity index (χ4v) is 1.93. The van der Waals surface area contributed by atoms with E-state index in [2.05, 4.69) is 20.5 Å². The number of thioether (sulfide) groups is 1. The molecule has 7 heteroatoms. The van der Waals surface area contributed by atoms with Crippen LogP contribution in [0.2, 0.25) is 0 Å². The SMILES string of the molecule is Cc1nnc(CNC(=O)CSc2ccncc2)o1. The molecule has 2 rings (SSSR count). The molecule has 0 fully saturated rings. The second-order valence-corrected chi connectivity index (χ2v) is 4.51. The highest BCUT2D eigenvalue weighted by atomic mass is 32.2. The van der Waals surface area contributed by atoms with Crippen LogP contribution >= 0.6 is 11.8 Å². The first-order chi connectivity index (χ1) is 8.74. The maximum atomic E-state index is 11.6. The molecule has 0 atom stereocenters. The van der Waals surface area contributed by atoms with Crippen LogP contribution in [-0.4, -0.2) is 26.8 Å². The zero-order valence-electron chi connectivity index (χ0n) is 9.79. The minimum absolute atomic E-state index is 0.0762. The predicted octanol–water partition coefficient (Wildman–Crippen LogP) is 1.18. The van der Waals surface area contributed by atoms with E-state index in [1.165, 1.54) is 11.8 Å². The Morgan fingerprint density at radius 1 is 1.39 bits per heavy atom. The van der Waals surface area contributed by atoms with E-state index in [0.717, 1.165) is 4.90 Å². The highest BCUT2D eigenvalue weighted by Crippen LogP contribution is 2.15. The van der Waals surface area contributed by atoms with Gasteiger partial charge in [0.15, 0.2) is 0 Å². The molecule has 0 aliphatic rings. The van der Waals surface area contributed by atoms with E-state index in [1.54, 1.807) is 19.3 Å². The molecule has 1 amide bonds. The molecule has 0 saturated heterocycles. The van der Waals surface area contributed by atoms with Gasteiger partial charge < -0.3 is 9.73 Å². The van der Waals surface area contributed by atoms with Crippen molar-refractivity contribution in [3.05, 3.63) is 36.3 Å². The Balaban J connectivity index is 1.73. The first kappa shape index (κ1) is 12.6. The first-order valence-corrected chi connectivity index (χ1v) is 6.31. The van der Waals surface area contributed by atoms with Crippen molar-refractivity contribution < 1.29 is 9.21 Å². The molecule has 0 aliphatic heterocycles. The molecule has 2 heterocycles. The molecule has 0 saturated carbocycles. The second kappa shape index (κ2) is 6.15. The zero-order chi connectivity index (χ0) is 12.8. The van der Waals surface area contributed by atoms with Crippen LogP contribution in [0.5, 0.6) is 0 Å². The van der Waals surface area contributed by atoms with E-state index in [1.807, 2.05) is 12.1 Å². The summed E-state index contributed by atoms with van der Waals surface area (Å²) in [6, 6.07) is 3.72. The number of aryl methyl sites for hydroxylation is 1. The Hall–Kier alpha value is -1.89. The number of nitrogens with zero attached hydrogens (tertiary/aromatic N) is 3. The van der Waals surface area contributed by atoms with Gasteiger partial charge in [-0.2, -0.15) is 0 Å². The molecule has 6 nitrogen and oxygen atoms in total. The molecule has 2 aromatic rings. The van der Waals surface area contributed by atoms with Gasteiger partial charge in [0.25, 0.3) is 0 Å². The molecule has 0 aromatic carbocycles. The van der Waals surface area contributed by atoms with E-state index < -0.39 is 0 Å². The summed E-state index contributed by atoms with van der Waals surface area (Å²) < 4.78 is 5.14. The van der Waals surface area contributed by atoms with Crippen LogP contribution in [0.3, 0.4) is 0 Å². The van der Waals surface area contributed by atoms with E-state index in [4.69, 9.17) is 4.42 Å². The van der Waals surface area contributed by atoms with Crippen LogP contribution in [0.25, 0.3) is 0 Å². The molecule has 94 valence electrons. The summed E-state index contributed by atoms with van der Waals surface area (Å²) in [5, 5.41) is 10.2. The van der Waals surface area contributed by atoms with Crippen LogP contribution in [0.4, 0.5) is 0 Å². The largest absolute Gasteiger partial charge is 0.424 e. The van der Waals surface area contributed by atoms with Crippen molar-refractivity contribution in [2.75, 3.05) is 5.75 Å². The van der Waals surface area contributed by atoms with E-state index in [9.17, 15) is 4.79 Å². The number of hydrogen-bond donors (Lipinski definition) is 1. The monoisotopic (exact) mass is 264 g/mol. The highest BCUT2D eigenvalue weighted by Gasteiger charge is 2.06. The van der Waals surface area contributed by atoms with E-state index >= 15 is 0 Å². The highest BCUT2D eigenvalue weighted by molar-refractivity contribution is 8.00. The zero-order valence-corrected chi connectivity index (χ0v) is 10.6. The summed E-state index contributed by atoms with van der Waals surface area (Å²) in [4.78, 5) is 16.5. The molecule has 0 aliphatic carbocycles. The van der Waals surface area contributed by atoms with Gasteiger partial charge in [-0.15, -0.1) is 22.0 Å². The number of nitrogens with one attached hydrogen (secondary N) is 1. The number of pyridine rings is 1. The molecular weight excluding hydrogens is 252 g/mol. The lowest BCUT2D eigenvalue weighted by molar-refractivity contribution is -0.118. The van der Waals surface area contributed by atoms with Crippen LogP contribution in [0.15, 0.2) is 33.8 Å². The van der Waals surface area contributed by atoms with Crippen LogP contribution in [-0.2, 0) is 11.3 Å². The van der Waals surface area contributed by atoms with Crippen molar-refractivity contribution in [2.45, 2.75) is 18.4 Å². The Labute approximate surface area is 108 Å². The van der Waals surface area contributed by atoms with Gasteiger partial charge in [-0.05, 0) is 12.1 Å². The molecule has 0 radical (unpaired) electrons. The summed E-state index contributed by atoms with van der Waals surface area (Å²) >= 11 is 1.45. The van der Waals surface area contributed by atoms with Gasteiger partial charge in [0.2, 0.25) is 17.7 Å². The van der Waals surface area contributed by atoms with Gasteiger partial charge in [-0.25, -0.2) is 0 Å². The fraction of sp³-hybridized carbons (Fsp3) is 0.273. The average Bonchev–Trinajstić information content (AvgIpc) is 2.81. The van der Waals surface area contributed by atoms with Crippen molar-refractivity contribution >= 4 is 17.7 Å². The Morgan fingerprint density at radius 3 is 2.83 bits per heavy atom. The van der Waals surface area contributed by atoms with Crippen molar-refractivity contribution in [3.63, 3.8) is 0 Å². The quantitative estimate of drug-likeness (QED) is 0.817. The molecule has 1 N–H and O–H groups in total. The summed E-state index contributed by atoms with van der Waals surface area (Å²) in [5.41, 5.74) is 0. The normalized spacial score (nSPS) is 10.3. The first-order valence-electron chi connectivity index (χ1n) is 5.32. The maximum Gasteiger partial charge on any atom is 0.235 e. The fourth-order valence-electron chi connectivity index (χ4n) is 1.22. The number of hydrogen-bond acceptors (Lipinski definition) is 6. The van der Waals surface area contributed by atoms with Gasteiger partial charge in [0, 0.05) is 24.2 Å². The molecule has 0 unspecified atom stereocenters. The van der Waals surface area contributed by atoms with Crippen molar-refractivity contribution in [3.8, 4) is 0 Å². The van der Waals surface area contributed by atoms with Gasteiger partial charge in [-0.1, -0.05) is 0 Å². The molecule has 0 spiro atoms. The number of aromatic nitrogens is 3. The Kier molecular flexibility index (Phi) is 4.30. The summed E-state index contributed by atoms with van der Waals surface area (Å²) in [6.45, 7) is 1.97. The lowest BCUT2D eigenvalue weighted by Gasteiger charge is -2.02. The minimum Gasteiger partial charge on any atom is -0.424 e. The summed E-state index contributed by atoms with van der Waals surface area (Å²) in [6.07, 6.45) is 3.39. The van der Waals surface area contributed by atoms with E-state index in [0.29, 0.717) is 17.5 Å². The second-order valence-electron chi connectivity index (χ2n) is 3.46. The third-order valence-corrected chi connectivity index (χ3v) is 3.04. The predicted molar refractivity (Wildman–Crippen MR) is 65.8 cm³/mol. The maximum absolute atomic E-state index is 11.6. The van der Waals surface area contributed by atoms with E-state index in [-0.39, 0.29) is 12.5 Å². The van der Waals surface area contributed by atoms with Gasteiger partial charge in [0.05, 0.1) is 12.3 Å². The smallest absolute Gasteiger partial charge is 0.235 e. The summed E-state index contributed by atoms with van der Waals surface area (Å²) in [5.74, 6) is 1.17. The van der Waals surface area contributed by atoms with Crippen LogP contribution in [0.1, 0.15) is 11.8 Å². The van der Waals surface area contributed by atoms with Gasteiger partial charge in [-0.3, -0.25) is 9.78 Å². The summed E-state index contributed by atoms with van der Waals surface area (Å²) in [7, 11) is 0. The van der Waals surface area contributed by atoms with Gasteiger partial charge >= 0.3 is 0 Å². The lowest BCUT2D eigenvalue weighted by Crippen LogP contribution is -2.24. The standard InChI is InChI=1S/C11H12N4O2S/c1-8-14-15-11(17-8)6-13-10(16)7-18-9-2-4-12-5-3-9/h2-5H,6-7H2,1H3,(H,13,16). The average molecular weight is 264 g/mol. The third-order valence-electron chi connectivity index (χ3n) is 2.02. The van der Waals surface area contributed by atoms with Gasteiger partial charge in [0.1, 0.15) is 0 Å². The van der Waals surface area contributed by atoms with Crippen LogP contribution < -0.4 is 5.32 Å². The Morgan fingerprint density at radius 2 is 2.17 bits per heavy atom. The van der Waals surface area contributed by atoms with Crippen molar-refractivity contribution in [1.29, 1.82) is 0 Å². The molecular formula is C11H12N4O2S. The minimum atomic E-state index is -0.0762.